The molecule has 4 unspecified atom stereocenters. The Balaban J connectivity index is 2.68. The highest BCUT2D eigenvalue weighted by atomic mass is 14.3. The summed E-state index contributed by atoms with van der Waals surface area (Å²) in [5.41, 5.74) is 5.90. The Morgan fingerprint density at radius 2 is 1.29 bits per heavy atom. The molecule has 24 heavy (non-hydrogen) atoms. The van der Waals surface area contributed by atoms with Gasteiger partial charge in [0.1, 0.15) is 0 Å². The normalized spacial score (nSPS) is 16.9. The molecule has 0 aromatic heterocycles. The largest absolute Gasteiger partial charge is 0.0651 e. The lowest BCUT2D eigenvalue weighted by Gasteiger charge is -2.28. The van der Waals surface area contributed by atoms with Crippen molar-refractivity contribution in [3.05, 3.63) is 34.4 Å². The highest BCUT2D eigenvalue weighted by molar-refractivity contribution is 5.37. The molecule has 0 heterocycles. The van der Waals surface area contributed by atoms with Crippen LogP contribution in [-0.2, 0) is 6.42 Å². The Bertz CT molecular complexity index is 474. The van der Waals surface area contributed by atoms with Gasteiger partial charge in [-0.05, 0) is 91.9 Å². The Kier molecular flexibility index (Phi) is 8.54. The summed E-state index contributed by atoms with van der Waals surface area (Å²) < 4.78 is 0. The first-order chi connectivity index (χ1) is 11.1. The number of aryl methyl sites for hydroxylation is 2. The van der Waals surface area contributed by atoms with Crippen molar-refractivity contribution in [3.8, 4) is 0 Å². The molecular formula is C24H42. The first-order valence-corrected chi connectivity index (χ1v) is 10.2. The van der Waals surface area contributed by atoms with E-state index in [1.807, 2.05) is 0 Å². The second-order valence-corrected chi connectivity index (χ2v) is 9.00. The van der Waals surface area contributed by atoms with Crippen LogP contribution in [0.25, 0.3) is 0 Å². The van der Waals surface area contributed by atoms with Crippen molar-refractivity contribution in [1.82, 2.24) is 0 Å². The molecule has 0 radical (unpaired) electrons. The van der Waals surface area contributed by atoms with Crippen LogP contribution in [0.15, 0.2) is 12.1 Å². The maximum absolute atomic E-state index is 2.48. The van der Waals surface area contributed by atoms with Crippen LogP contribution in [0.4, 0.5) is 0 Å². The molecule has 1 rings (SSSR count). The van der Waals surface area contributed by atoms with Gasteiger partial charge in [-0.25, -0.2) is 0 Å². The number of hydrogen-bond acceptors (Lipinski definition) is 0. The van der Waals surface area contributed by atoms with E-state index in [0.29, 0.717) is 0 Å². The van der Waals surface area contributed by atoms with Gasteiger partial charge in [0.25, 0.3) is 0 Å². The molecule has 1 aromatic carbocycles. The Morgan fingerprint density at radius 1 is 0.792 bits per heavy atom. The zero-order chi connectivity index (χ0) is 18.4. The van der Waals surface area contributed by atoms with Crippen molar-refractivity contribution in [3.63, 3.8) is 0 Å². The molecular weight excluding hydrogens is 288 g/mol. The first-order valence-electron chi connectivity index (χ1n) is 10.2. The highest BCUT2D eigenvalue weighted by Gasteiger charge is 2.21. The van der Waals surface area contributed by atoms with E-state index < -0.39 is 0 Å². The number of hydrogen-bond donors (Lipinski definition) is 0. The van der Waals surface area contributed by atoms with Gasteiger partial charge in [0.05, 0.1) is 0 Å². The van der Waals surface area contributed by atoms with E-state index in [0.717, 1.165) is 29.6 Å². The van der Waals surface area contributed by atoms with E-state index in [2.05, 4.69) is 74.4 Å². The number of rotatable bonds is 9. The van der Waals surface area contributed by atoms with Gasteiger partial charge < -0.3 is 0 Å². The molecule has 0 N–H and O–H groups in total. The zero-order valence-electron chi connectivity index (χ0n) is 17.9. The fourth-order valence-electron chi connectivity index (χ4n) is 4.12. The van der Waals surface area contributed by atoms with Gasteiger partial charge in [-0.3, -0.25) is 0 Å². The Labute approximate surface area is 152 Å². The van der Waals surface area contributed by atoms with E-state index in [1.165, 1.54) is 47.9 Å². The van der Waals surface area contributed by atoms with Crippen LogP contribution in [0.5, 0.6) is 0 Å². The summed E-state index contributed by atoms with van der Waals surface area (Å²) in [6.07, 6.45) is 5.28. The minimum absolute atomic E-state index is 0.809. The van der Waals surface area contributed by atoms with Crippen molar-refractivity contribution in [2.45, 2.75) is 88.0 Å². The van der Waals surface area contributed by atoms with E-state index >= 15 is 0 Å². The molecule has 0 bridgehead atoms. The topological polar surface area (TPSA) is 0 Å². The molecule has 0 amide bonds. The quantitative estimate of drug-likeness (QED) is 0.439. The van der Waals surface area contributed by atoms with E-state index in [9.17, 15) is 0 Å². The molecule has 0 saturated heterocycles. The maximum Gasteiger partial charge on any atom is -0.0248 e. The molecule has 0 spiro atoms. The summed E-state index contributed by atoms with van der Waals surface area (Å²) in [6.45, 7) is 21.2. The zero-order valence-corrected chi connectivity index (χ0v) is 17.9. The minimum atomic E-state index is 0.809. The van der Waals surface area contributed by atoms with Crippen molar-refractivity contribution in [2.75, 3.05) is 0 Å². The Hall–Kier alpha value is -0.780. The summed E-state index contributed by atoms with van der Waals surface area (Å²) in [6, 6.07) is 4.84. The fourth-order valence-corrected chi connectivity index (χ4v) is 4.12. The lowest BCUT2D eigenvalue weighted by molar-refractivity contribution is 0.246. The third-order valence-corrected chi connectivity index (χ3v) is 6.50. The minimum Gasteiger partial charge on any atom is -0.0651 e. The third-order valence-electron chi connectivity index (χ3n) is 6.50. The molecule has 0 aliphatic carbocycles. The van der Waals surface area contributed by atoms with Crippen molar-refractivity contribution in [1.29, 1.82) is 0 Å². The third kappa shape index (κ3) is 6.26. The van der Waals surface area contributed by atoms with Gasteiger partial charge in [-0.2, -0.15) is 0 Å². The molecule has 0 aliphatic rings. The molecule has 4 atom stereocenters. The standard InChI is InChI=1S/C24H42/c1-10-24(15-23-13-19(6)22(9)20(7)14-23)21(8)12-17(4)11-18(5)16(2)3/h13-14,16-18,21,24H,10-12,15H2,1-9H3. The van der Waals surface area contributed by atoms with Gasteiger partial charge in [0.15, 0.2) is 0 Å². The van der Waals surface area contributed by atoms with Crippen LogP contribution in [0.3, 0.4) is 0 Å². The average Bonchev–Trinajstić information content (AvgIpc) is 2.49. The van der Waals surface area contributed by atoms with Gasteiger partial charge >= 0.3 is 0 Å². The molecule has 138 valence electrons. The first kappa shape index (κ1) is 21.3. The molecule has 0 nitrogen and oxygen atoms in total. The molecule has 1 aromatic rings. The van der Waals surface area contributed by atoms with Gasteiger partial charge in [0.2, 0.25) is 0 Å². The van der Waals surface area contributed by atoms with Gasteiger partial charge in [-0.1, -0.05) is 60.1 Å². The Morgan fingerprint density at radius 3 is 1.75 bits per heavy atom. The maximum atomic E-state index is 2.48. The SMILES string of the molecule is CCC(Cc1cc(C)c(C)c(C)c1)C(C)CC(C)CC(C)C(C)C. The fraction of sp³-hybridized carbons (Fsp3) is 0.750. The van der Waals surface area contributed by atoms with Gasteiger partial charge in [0, 0.05) is 0 Å². The smallest absolute Gasteiger partial charge is 0.0248 e. The monoisotopic (exact) mass is 330 g/mol. The van der Waals surface area contributed by atoms with E-state index in [4.69, 9.17) is 0 Å². The van der Waals surface area contributed by atoms with Crippen molar-refractivity contribution in [2.24, 2.45) is 29.6 Å². The molecule has 0 aliphatic heterocycles. The summed E-state index contributed by atoms with van der Waals surface area (Å²) in [7, 11) is 0. The summed E-state index contributed by atoms with van der Waals surface area (Å²) in [4.78, 5) is 0. The van der Waals surface area contributed by atoms with Crippen LogP contribution in [0.1, 0.15) is 83.1 Å². The molecule has 0 fully saturated rings. The second-order valence-electron chi connectivity index (χ2n) is 9.00. The van der Waals surface area contributed by atoms with Crippen LogP contribution in [0, 0.1) is 50.4 Å². The van der Waals surface area contributed by atoms with Crippen molar-refractivity contribution < 1.29 is 0 Å². The summed E-state index contributed by atoms with van der Waals surface area (Å²) >= 11 is 0. The van der Waals surface area contributed by atoms with Crippen LogP contribution in [0.2, 0.25) is 0 Å². The van der Waals surface area contributed by atoms with E-state index in [-0.39, 0.29) is 0 Å². The van der Waals surface area contributed by atoms with E-state index in [1.54, 1.807) is 0 Å². The van der Waals surface area contributed by atoms with Crippen LogP contribution < -0.4 is 0 Å². The molecule has 0 heteroatoms. The van der Waals surface area contributed by atoms with Crippen LogP contribution >= 0.6 is 0 Å². The second kappa shape index (κ2) is 9.64. The molecule has 0 saturated carbocycles. The lowest BCUT2D eigenvalue weighted by atomic mass is 9.78. The van der Waals surface area contributed by atoms with Gasteiger partial charge in [-0.15, -0.1) is 0 Å². The highest BCUT2D eigenvalue weighted by Crippen LogP contribution is 2.31. The summed E-state index contributed by atoms with van der Waals surface area (Å²) in [5.74, 6) is 4.11. The predicted molar refractivity (Wildman–Crippen MR) is 110 cm³/mol. The summed E-state index contributed by atoms with van der Waals surface area (Å²) in [5, 5.41) is 0. The predicted octanol–water partition coefficient (Wildman–Crippen LogP) is 7.53. The average molecular weight is 331 g/mol. The van der Waals surface area contributed by atoms with Crippen molar-refractivity contribution >= 4 is 0 Å². The lowest BCUT2D eigenvalue weighted by Crippen LogP contribution is -2.18. The number of benzene rings is 1. The van der Waals surface area contributed by atoms with Crippen LogP contribution in [-0.4, -0.2) is 0 Å².